The minimum absolute atomic E-state index is 0.0313. The molecule has 1 aliphatic carbocycles. The molecule has 2 amide bonds. The summed E-state index contributed by atoms with van der Waals surface area (Å²) in [5.74, 6) is 0.395. The van der Waals surface area contributed by atoms with Crippen molar-refractivity contribution in [1.29, 1.82) is 0 Å². The number of nitrogens with one attached hydrogen (secondary N) is 1. The van der Waals surface area contributed by atoms with E-state index in [1.54, 1.807) is 0 Å². The molecule has 0 aliphatic heterocycles. The van der Waals surface area contributed by atoms with Gasteiger partial charge in [-0.3, -0.25) is 9.59 Å². The first-order valence-corrected chi connectivity index (χ1v) is 9.00. The Morgan fingerprint density at radius 3 is 2.08 bits per heavy atom. The lowest BCUT2D eigenvalue weighted by Crippen LogP contribution is -2.45. The molecular formula is C20H30N2O2. The number of amides is 2. The number of hydrogen-bond donors (Lipinski definition) is 1. The monoisotopic (exact) mass is 330 g/mol. The van der Waals surface area contributed by atoms with Crippen molar-refractivity contribution in [3.8, 4) is 0 Å². The Morgan fingerprint density at radius 1 is 1.04 bits per heavy atom. The van der Waals surface area contributed by atoms with Crippen LogP contribution in [0, 0.1) is 11.8 Å². The van der Waals surface area contributed by atoms with Gasteiger partial charge < -0.3 is 10.2 Å². The fourth-order valence-electron chi connectivity index (χ4n) is 3.37. The summed E-state index contributed by atoms with van der Waals surface area (Å²) in [5.41, 5.74) is 0.758. The maximum atomic E-state index is 12.9. The molecule has 0 atom stereocenters. The van der Waals surface area contributed by atoms with Gasteiger partial charge >= 0.3 is 0 Å². The molecule has 132 valence electrons. The Labute approximate surface area is 145 Å². The van der Waals surface area contributed by atoms with E-state index >= 15 is 0 Å². The number of anilines is 1. The van der Waals surface area contributed by atoms with E-state index in [-0.39, 0.29) is 29.2 Å². The number of carbonyl (C=O) groups excluding carboxylic acids is 2. The topological polar surface area (TPSA) is 49.4 Å². The molecule has 1 saturated carbocycles. The highest BCUT2D eigenvalue weighted by atomic mass is 16.2. The third-order valence-corrected chi connectivity index (χ3v) is 4.60. The lowest BCUT2D eigenvalue weighted by molar-refractivity contribution is -0.130. The molecule has 4 heteroatoms. The van der Waals surface area contributed by atoms with Crippen molar-refractivity contribution in [2.75, 3.05) is 11.4 Å². The van der Waals surface area contributed by atoms with Crippen LogP contribution >= 0.6 is 0 Å². The molecule has 1 aromatic rings. The van der Waals surface area contributed by atoms with Crippen molar-refractivity contribution >= 4 is 17.5 Å². The second kappa shape index (κ2) is 7.82. The lowest BCUT2D eigenvalue weighted by Gasteiger charge is -2.32. The maximum absolute atomic E-state index is 12.9. The van der Waals surface area contributed by atoms with Gasteiger partial charge in [0.05, 0.1) is 0 Å². The van der Waals surface area contributed by atoms with Crippen molar-refractivity contribution in [2.45, 2.75) is 58.9 Å². The van der Waals surface area contributed by atoms with Crippen molar-refractivity contribution in [3.63, 3.8) is 0 Å². The normalized spacial score (nSPS) is 21.2. The number of hydrogen-bond acceptors (Lipinski definition) is 2. The summed E-state index contributed by atoms with van der Waals surface area (Å²) < 4.78 is 0. The van der Waals surface area contributed by atoms with Crippen molar-refractivity contribution in [2.24, 2.45) is 11.8 Å². The highest BCUT2D eigenvalue weighted by Gasteiger charge is 2.33. The minimum atomic E-state index is -0.198. The molecule has 0 heterocycles. The third kappa shape index (κ3) is 4.83. The fraction of sp³-hybridized carbons (Fsp3) is 0.600. The van der Waals surface area contributed by atoms with Gasteiger partial charge in [0.15, 0.2) is 0 Å². The molecule has 4 nitrogen and oxygen atoms in total. The molecular weight excluding hydrogens is 300 g/mol. The maximum Gasteiger partial charge on any atom is 0.230 e. The Bertz CT molecular complexity index is 555. The molecule has 1 N–H and O–H groups in total. The number of para-hydroxylation sites is 1. The quantitative estimate of drug-likeness (QED) is 0.914. The zero-order valence-corrected chi connectivity index (χ0v) is 15.3. The van der Waals surface area contributed by atoms with Crippen LogP contribution in [0.2, 0.25) is 0 Å². The average Bonchev–Trinajstić information content (AvgIpc) is 2.55. The number of carbonyl (C=O) groups is 2. The molecule has 0 radical (unpaired) electrons. The predicted molar refractivity (Wildman–Crippen MR) is 97.8 cm³/mol. The predicted octanol–water partition coefficient (Wildman–Crippen LogP) is 3.76. The minimum Gasteiger partial charge on any atom is -0.351 e. The molecule has 1 aliphatic rings. The Balaban J connectivity index is 1.94. The SMILES string of the molecule is CCN(C(=O)C1CCC(C(=O)NC(C)(C)C)CC1)c1ccccc1. The molecule has 1 aromatic carbocycles. The summed E-state index contributed by atoms with van der Waals surface area (Å²) in [6, 6.07) is 9.83. The summed E-state index contributed by atoms with van der Waals surface area (Å²) in [7, 11) is 0. The van der Waals surface area contributed by atoms with Crippen molar-refractivity contribution in [1.82, 2.24) is 5.32 Å². The van der Waals surface area contributed by atoms with Gasteiger partial charge in [-0.25, -0.2) is 0 Å². The van der Waals surface area contributed by atoms with E-state index in [2.05, 4.69) is 5.32 Å². The highest BCUT2D eigenvalue weighted by Crippen LogP contribution is 2.31. The van der Waals surface area contributed by atoms with E-state index in [1.807, 2.05) is 62.9 Å². The molecule has 0 unspecified atom stereocenters. The smallest absolute Gasteiger partial charge is 0.230 e. The van der Waals surface area contributed by atoms with E-state index < -0.39 is 0 Å². The van der Waals surface area contributed by atoms with Crippen LogP contribution in [0.5, 0.6) is 0 Å². The van der Waals surface area contributed by atoms with E-state index in [1.165, 1.54) is 0 Å². The van der Waals surface area contributed by atoms with Crippen LogP contribution in [-0.4, -0.2) is 23.9 Å². The van der Waals surface area contributed by atoms with Gasteiger partial charge in [-0.1, -0.05) is 18.2 Å². The zero-order chi connectivity index (χ0) is 17.7. The van der Waals surface area contributed by atoms with E-state index in [0.29, 0.717) is 6.54 Å². The molecule has 2 rings (SSSR count). The van der Waals surface area contributed by atoms with Crippen LogP contribution in [-0.2, 0) is 9.59 Å². The number of benzene rings is 1. The average molecular weight is 330 g/mol. The zero-order valence-electron chi connectivity index (χ0n) is 15.3. The number of nitrogens with zero attached hydrogens (tertiary/aromatic N) is 1. The molecule has 0 bridgehead atoms. The van der Waals surface area contributed by atoms with E-state index in [4.69, 9.17) is 0 Å². The lowest BCUT2D eigenvalue weighted by atomic mass is 9.80. The molecule has 0 spiro atoms. The molecule has 0 aromatic heterocycles. The summed E-state index contributed by atoms with van der Waals surface area (Å²) in [6.45, 7) is 8.68. The van der Waals surface area contributed by atoms with Gasteiger partial charge in [-0.2, -0.15) is 0 Å². The summed E-state index contributed by atoms with van der Waals surface area (Å²) in [6.07, 6.45) is 3.18. The fourth-order valence-corrected chi connectivity index (χ4v) is 3.37. The summed E-state index contributed by atoms with van der Waals surface area (Å²) in [4.78, 5) is 27.0. The number of rotatable bonds is 4. The van der Waals surface area contributed by atoms with Gasteiger partial charge in [-0.05, 0) is 65.5 Å². The highest BCUT2D eigenvalue weighted by molar-refractivity contribution is 5.95. The molecule has 24 heavy (non-hydrogen) atoms. The summed E-state index contributed by atoms with van der Waals surface area (Å²) >= 11 is 0. The van der Waals surface area contributed by atoms with Crippen LogP contribution < -0.4 is 10.2 Å². The first-order valence-electron chi connectivity index (χ1n) is 9.00. The van der Waals surface area contributed by atoms with Crippen LogP contribution in [0.25, 0.3) is 0 Å². The Hall–Kier alpha value is -1.84. The van der Waals surface area contributed by atoms with E-state index in [0.717, 1.165) is 31.4 Å². The van der Waals surface area contributed by atoms with Gasteiger partial charge in [0.25, 0.3) is 0 Å². The Morgan fingerprint density at radius 2 is 1.58 bits per heavy atom. The van der Waals surface area contributed by atoms with Gasteiger partial charge in [0.2, 0.25) is 11.8 Å². The van der Waals surface area contributed by atoms with Crippen LogP contribution in [0.1, 0.15) is 53.4 Å². The van der Waals surface area contributed by atoms with Gasteiger partial charge in [-0.15, -0.1) is 0 Å². The molecule has 0 saturated heterocycles. The molecule has 1 fully saturated rings. The second-order valence-electron chi connectivity index (χ2n) is 7.71. The Kier molecular flexibility index (Phi) is 6.03. The van der Waals surface area contributed by atoms with Crippen LogP contribution in [0.15, 0.2) is 30.3 Å². The summed E-state index contributed by atoms with van der Waals surface area (Å²) in [5, 5.41) is 3.06. The third-order valence-electron chi connectivity index (χ3n) is 4.60. The van der Waals surface area contributed by atoms with E-state index in [9.17, 15) is 9.59 Å². The second-order valence-corrected chi connectivity index (χ2v) is 7.71. The largest absolute Gasteiger partial charge is 0.351 e. The first kappa shape index (κ1) is 18.5. The standard InChI is InChI=1S/C20H30N2O2/c1-5-22(17-9-7-6-8-10-17)19(24)16-13-11-15(12-14-16)18(23)21-20(2,3)4/h6-10,15-16H,5,11-14H2,1-4H3,(H,21,23). The van der Waals surface area contributed by atoms with Gasteiger partial charge in [0, 0.05) is 29.6 Å². The van der Waals surface area contributed by atoms with Crippen molar-refractivity contribution < 1.29 is 9.59 Å². The van der Waals surface area contributed by atoms with Crippen LogP contribution in [0.4, 0.5) is 5.69 Å². The van der Waals surface area contributed by atoms with Gasteiger partial charge in [0.1, 0.15) is 0 Å². The first-order chi connectivity index (χ1) is 11.3. The van der Waals surface area contributed by atoms with Crippen LogP contribution in [0.3, 0.4) is 0 Å². The van der Waals surface area contributed by atoms with Crippen molar-refractivity contribution in [3.05, 3.63) is 30.3 Å².